The predicted molar refractivity (Wildman–Crippen MR) is 156 cm³/mol. The normalized spacial score (nSPS) is 12.9. The maximum Gasteiger partial charge on any atom is 0.417 e. The zero-order chi connectivity index (χ0) is 31.3. The molecule has 226 valence electrons. The number of amides is 2. The molecule has 7 nitrogen and oxygen atoms in total. The molecule has 0 saturated carbocycles. The maximum atomic E-state index is 14.0. The van der Waals surface area contributed by atoms with Gasteiger partial charge in [0.2, 0.25) is 11.8 Å². The number of benzene rings is 3. The first-order chi connectivity index (χ1) is 19.5. The second-order valence-electron chi connectivity index (χ2n) is 10.7. The molecule has 0 fully saturated rings. The molecule has 1 N–H and O–H groups in total. The Hall–Kier alpha value is -3.57. The minimum atomic E-state index is -4.88. The Balaban J connectivity index is 2.14. The number of alkyl halides is 3. The Labute approximate surface area is 249 Å². The molecule has 0 bridgehead atoms. The van der Waals surface area contributed by atoms with Crippen molar-refractivity contribution in [1.82, 2.24) is 10.2 Å². The van der Waals surface area contributed by atoms with Gasteiger partial charge in [0.25, 0.3) is 10.0 Å². The number of hydrogen-bond donors (Lipinski definition) is 1. The molecule has 0 aliphatic carbocycles. The highest BCUT2D eigenvalue weighted by molar-refractivity contribution is 7.92. The zero-order valence-corrected chi connectivity index (χ0v) is 25.2. The average Bonchev–Trinajstić information content (AvgIpc) is 2.91. The van der Waals surface area contributed by atoms with Crippen LogP contribution in [0.1, 0.15) is 45.2 Å². The Morgan fingerprint density at radius 2 is 1.50 bits per heavy atom. The van der Waals surface area contributed by atoms with E-state index in [4.69, 9.17) is 11.6 Å². The van der Waals surface area contributed by atoms with Crippen molar-refractivity contribution in [3.63, 3.8) is 0 Å². The average molecular weight is 624 g/mol. The fraction of sp³-hybridized carbons (Fsp3) is 0.333. The molecule has 0 aromatic heterocycles. The minimum Gasteiger partial charge on any atom is -0.350 e. The first-order valence-electron chi connectivity index (χ1n) is 13.1. The number of halogens is 4. The summed E-state index contributed by atoms with van der Waals surface area (Å²) in [5, 5.41) is 2.24. The number of sulfonamides is 1. The van der Waals surface area contributed by atoms with Crippen LogP contribution in [0.5, 0.6) is 0 Å². The van der Waals surface area contributed by atoms with Gasteiger partial charge < -0.3 is 10.2 Å². The zero-order valence-electron chi connectivity index (χ0n) is 23.7. The number of hydrogen-bond acceptors (Lipinski definition) is 4. The Morgan fingerprint density at radius 1 is 0.929 bits per heavy atom. The van der Waals surface area contributed by atoms with Gasteiger partial charge in [-0.2, -0.15) is 13.2 Å². The van der Waals surface area contributed by atoms with E-state index in [9.17, 15) is 31.2 Å². The van der Waals surface area contributed by atoms with Crippen molar-refractivity contribution in [2.75, 3.05) is 10.8 Å². The highest BCUT2D eigenvalue weighted by Crippen LogP contribution is 2.38. The first kappa shape index (κ1) is 32.9. The molecule has 0 radical (unpaired) electrons. The molecule has 42 heavy (non-hydrogen) atoms. The van der Waals surface area contributed by atoms with E-state index in [0.29, 0.717) is 15.9 Å². The van der Waals surface area contributed by atoms with E-state index in [-0.39, 0.29) is 17.9 Å². The molecule has 2 amide bonds. The Morgan fingerprint density at radius 3 is 2.02 bits per heavy atom. The quantitative estimate of drug-likeness (QED) is 0.288. The lowest BCUT2D eigenvalue weighted by atomic mass is 10.1. The van der Waals surface area contributed by atoms with Crippen LogP contribution in [0, 0.1) is 0 Å². The number of nitrogens with zero attached hydrogens (tertiary/aromatic N) is 2. The van der Waals surface area contributed by atoms with Crippen LogP contribution < -0.4 is 9.62 Å². The molecular weight excluding hydrogens is 591 g/mol. The van der Waals surface area contributed by atoms with Gasteiger partial charge in [0.15, 0.2) is 0 Å². The Kier molecular flexibility index (Phi) is 10.3. The van der Waals surface area contributed by atoms with Crippen molar-refractivity contribution in [3.05, 3.63) is 95.0 Å². The fourth-order valence-corrected chi connectivity index (χ4v) is 5.94. The molecule has 0 aliphatic rings. The lowest BCUT2D eigenvalue weighted by Gasteiger charge is -2.35. The van der Waals surface area contributed by atoms with Crippen molar-refractivity contribution in [1.29, 1.82) is 0 Å². The van der Waals surface area contributed by atoms with Crippen LogP contribution in [0.2, 0.25) is 5.02 Å². The van der Waals surface area contributed by atoms with Crippen LogP contribution in [-0.2, 0) is 32.3 Å². The summed E-state index contributed by atoms with van der Waals surface area (Å²) in [6.45, 7) is 6.16. The molecule has 1 atom stereocenters. The van der Waals surface area contributed by atoms with Gasteiger partial charge in [-0.3, -0.25) is 13.9 Å². The second-order valence-corrected chi connectivity index (χ2v) is 12.9. The van der Waals surface area contributed by atoms with Gasteiger partial charge in [-0.1, -0.05) is 67.1 Å². The lowest BCUT2D eigenvalue weighted by Crippen LogP contribution is -2.55. The Bertz CT molecular complexity index is 1500. The highest BCUT2D eigenvalue weighted by Gasteiger charge is 2.37. The van der Waals surface area contributed by atoms with Crippen LogP contribution in [0.3, 0.4) is 0 Å². The summed E-state index contributed by atoms with van der Waals surface area (Å²) in [4.78, 5) is 28.4. The molecular formula is C30H33ClF3N3O4S. The van der Waals surface area contributed by atoms with Gasteiger partial charge >= 0.3 is 6.18 Å². The topological polar surface area (TPSA) is 86.8 Å². The summed E-state index contributed by atoms with van der Waals surface area (Å²) in [6, 6.07) is 17.5. The predicted octanol–water partition coefficient (Wildman–Crippen LogP) is 6.28. The first-order valence-corrected chi connectivity index (χ1v) is 15.0. The van der Waals surface area contributed by atoms with E-state index in [0.717, 1.165) is 12.1 Å². The number of nitrogens with one attached hydrogen (secondary N) is 1. The van der Waals surface area contributed by atoms with Gasteiger partial charge in [0.1, 0.15) is 12.6 Å². The molecule has 0 saturated heterocycles. The molecule has 0 heterocycles. The molecule has 3 aromatic carbocycles. The SMILES string of the molecule is CCC(C(=O)NC(C)(C)C)N(Cc1ccccc1)C(=O)CN(c1ccc(Cl)c(C(F)(F)F)c1)S(=O)(=O)c1ccccc1. The summed E-state index contributed by atoms with van der Waals surface area (Å²) in [6.07, 6.45) is -4.68. The fourth-order valence-electron chi connectivity index (χ4n) is 4.29. The standard InChI is InChI=1S/C30H33ClF3N3O4S/c1-5-26(28(39)35-29(2,3)4)36(19-21-12-8-6-9-13-21)27(38)20-37(42(40,41)23-14-10-7-11-15-23)22-16-17-25(31)24(18-22)30(32,33)34/h6-18,26H,5,19-20H2,1-4H3,(H,35,39). The van der Waals surface area contributed by atoms with E-state index in [1.54, 1.807) is 64.1 Å². The van der Waals surface area contributed by atoms with Crippen molar-refractivity contribution in [2.45, 2.75) is 63.3 Å². The number of rotatable bonds is 10. The van der Waals surface area contributed by atoms with E-state index < -0.39 is 62.4 Å². The maximum absolute atomic E-state index is 14.0. The largest absolute Gasteiger partial charge is 0.417 e. The second kappa shape index (κ2) is 13.2. The van der Waals surface area contributed by atoms with Crippen LogP contribution in [0.25, 0.3) is 0 Å². The van der Waals surface area contributed by atoms with E-state index in [1.807, 2.05) is 0 Å². The van der Waals surface area contributed by atoms with E-state index in [1.165, 1.54) is 29.2 Å². The third kappa shape index (κ3) is 8.25. The van der Waals surface area contributed by atoms with Crippen LogP contribution in [0.15, 0.2) is 83.8 Å². The minimum absolute atomic E-state index is 0.0383. The van der Waals surface area contributed by atoms with Crippen LogP contribution in [-0.4, -0.2) is 43.3 Å². The van der Waals surface area contributed by atoms with Gasteiger partial charge in [0.05, 0.1) is 21.2 Å². The molecule has 0 aliphatic heterocycles. The molecule has 1 unspecified atom stereocenters. The summed E-state index contributed by atoms with van der Waals surface area (Å²) in [5.74, 6) is -1.23. The van der Waals surface area contributed by atoms with Crippen LogP contribution in [0.4, 0.5) is 18.9 Å². The van der Waals surface area contributed by atoms with E-state index >= 15 is 0 Å². The molecule has 3 rings (SSSR count). The number of anilines is 1. The third-order valence-electron chi connectivity index (χ3n) is 6.23. The highest BCUT2D eigenvalue weighted by atomic mass is 35.5. The van der Waals surface area contributed by atoms with Gasteiger partial charge in [-0.05, 0) is 63.1 Å². The van der Waals surface area contributed by atoms with Crippen molar-refractivity contribution in [3.8, 4) is 0 Å². The van der Waals surface area contributed by atoms with E-state index in [2.05, 4.69) is 5.32 Å². The smallest absolute Gasteiger partial charge is 0.350 e. The summed E-state index contributed by atoms with van der Waals surface area (Å²) >= 11 is 5.80. The molecule has 0 spiro atoms. The number of carbonyl (C=O) groups is 2. The monoisotopic (exact) mass is 623 g/mol. The van der Waals surface area contributed by atoms with Crippen molar-refractivity contribution < 1.29 is 31.2 Å². The number of carbonyl (C=O) groups excluding carboxylic acids is 2. The van der Waals surface area contributed by atoms with Gasteiger partial charge in [0, 0.05) is 12.1 Å². The molecule has 3 aromatic rings. The van der Waals surface area contributed by atoms with Crippen molar-refractivity contribution in [2.24, 2.45) is 0 Å². The van der Waals surface area contributed by atoms with Gasteiger partial charge in [-0.25, -0.2) is 8.42 Å². The lowest BCUT2D eigenvalue weighted by molar-refractivity contribution is -0.141. The van der Waals surface area contributed by atoms with Crippen LogP contribution >= 0.6 is 11.6 Å². The summed E-state index contributed by atoms with van der Waals surface area (Å²) in [5.41, 5.74) is -1.60. The third-order valence-corrected chi connectivity index (χ3v) is 8.35. The molecule has 12 heteroatoms. The summed E-state index contributed by atoms with van der Waals surface area (Å²) < 4.78 is 69.5. The van der Waals surface area contributed by atoms with Crippen molar-refractivity contribution >= 4 is 39.1 Å². The summed E-state index contributed by atoms with van der Waals surface area (Å²) in [7, 11) is -4.54. The van der Waals surface area contributed by atoms with Gasteiger partial charge in [-0.15, -0.1) is 0 Å².